The molecule has 1 aliphatic rings. The third kappa shape index (κ3) is 2.61. The molecular weight excluding hydrogens is 244 g/mol. The number of ether oxygens (including phenoxy) is 1. The van der Waals surface area contributed by atoms with Crippen LogP contribution >= 0.6 is 0 Å². The van der Waals surface area contributed by atoms with E-state index in [9.17, 15) is 5.11 Å². The fraction of sp³-hybridized carbons (Fsp3) is 0.429. The van der Waals surface area contributed by atoms with Crippen molar-refractivity contribution in [1.82, 2.24) is 10.1 Å². The van der Waals surface area contributed by atoms with Gasteiger partial charge in [-0.15, -0.1) is 0 Å². The molecule has 1 aromatic carbocycles. The molecule has 2 aromatic rings. The molecule has 100 valence electrons. The van der Waals surface area contributed by atoms with Gasteiger partial charge in [0.05, 0.1) is 5.56 Å². The molecule has 0 spiro atoms. The highest BCUT2D eigenvalue weighted by Crippen LogP contribution is 2.29. The number of rotatable bonds is 3. The Morgan fingerprint density at radius 1 is 1.42 bits per heavy atom. The second-order valence-electron chi connectivity index (χ2n) is 4.97. The molecule has 1 saturated heterocycles. The zero-order valence-electron chi connectivity index (χ0n) is 10.8. The van der Waals surface area contributed by atoms with Crippen molar-refractivity contribution in [3.8, 4) is 17.2 Å². The molecule has 0 saturated carbocycles. The number of aromatic nitrogens is 2. The number of hydrogen-bond donors (Lipinski definition) is 1. The maximum Gasteiger partial charge on any atom is 0.261 e. The smallest absolute Gasteiger partial charge is 0.261 e. The molecule has 19 heavy (non-hydrogen) atoms. The van der Waals surface area contributed by atoms with Crippen LogP contribution in [-0.2, 0) is 11.2 Å². The van der Waals surface area contributed by atoms with E-state index in [1.54, 1.807) is 12.1 Å². The number of nitrogens with zero attached hydrogens (tertiary/aromatic N) is 2. The Morgan fingerprint density at radius 2 is 2.32 bits per heavy atom. The summed E-state index contributed by atoms with van der Waals surface area (Å²) in [6, 6.07) is 5.38. The van der Waals surface area contributed by atoms with Crippen LogP contribution in [0, 0.1) is 12.8 Å². The lowest BCUT2D eigenvalue weighted by atomic mass is 10.1. The van der Waals surface area contributed by atoms with Crippen molar-refractivity contribution in [2.24, 2.45) is 5.92 Å². The normalized spacial score (nSPS) is 18.9. The lowest BCUT2D eigenvalue weighted by Crippen LogP contribution is -2.04. The first kappa shape index (κ1) is 12.2. The van der Waals surface area contributed by atoms with Crippen molar-refractivity contribution in [2.75, 3.05) is 13.2 Å². The fourth-order valence-electron chi connectivity index (χ4n) is 2.27. The van der Waals surface area contributed by atoms with E-state index in [4.69, 9.17) is 9.26 Å². The predicted octanol–water partition coefficient (Wildman–Crippen LogP) is 2.33. The first-order valence-corrected chi connectivity index (χ1v) is 6.42. The zero-order valence-corrected chi connectivity index (χ0v) is 10.8. The lowest BCUT2D eigenvalue weighted by molar-refractivity contribution is 0.185. The molecule has 1 aromatic heterocycles. The average Bonchev–Trinajstić information content (AvgIpc) is 3.01. The van der Waals surface area contributed by atoms with Crippen LogP contribution in [0.4, 0.5) is 0 Å². The highest BCUT2D eigenvalue weighted by atomic mass is 16.5. The second kappa shape index (κ2) is 5.01. The van der Waals surface area contributed by atoms with Gasteiger partial charge in [0.2, 0.25) is 0 Å². The van der Waals surface area contributed by atoms with Gasteiger partial charge in [-0.3, -0.25) is 0 Å². The van der Waals surface area contributed by atoms with Gasteiger partial charge in [0.25, 0.3) is 5.89 Å². The van der Waals surface area contributed by atoms with Crippen molar-refractivity contribution in [2.45, 2.75) is 19.8 Å². The molecule has 0 amide bonds. The minimum atomic E-state index is 0.166. The van der Waals surface area contributed by atoms with Crippen LogP contribution < -0.4 is 0 Å². The molecule has 5 nitrogen and oxygen atoms in total. The zero-order chi connectivity index (χ0) is 13.2. The topological polar surface area (TPSA) is 68.4 Å². The van der Waals surface area contributed by atoms with Crippen molar-refractivity contribution >= 4 is 0 Å². The minimum Gasteiger partial charge on any atom is -0.507 e. The summed E-state index contributed by atoms with van der Waals surface area (Å²) in [5.41, 5.74) is 1.57. The van der Waals surface area contributed by atoms with E-state index in [2.05, 4.69) is 10.1 Å². The van der Waals surface area contributed by atoms with Gasteiger partial charge in [-0.1, -0.05) is 11.2 Å². The number of phenols is 1. The van der Waals surface area contributed by atoms with Gasteiger partial charge >= 0.3 is 0 Å². The van der Waals surface area contributed by atoms with Gasteiger partial charge in [-0.25, -0.2) is 0 Å². The van der Waals surface area contributed by atoms with Crippen molar-refractivity contribution in [3.05, 3.63) is 29.6 Å². The molecule has 3 rings (SSSR count). The summed E-state index contributed by atoms with van der Waals surface area (Å²) >= 11 is 0. The summed E-state index contributed by atoms with van der Waals surface area (Å²) in [7, 11) is 0. The molecule has 0 bridgehead atoms. The van der Waals surface area contributed by atoms with Gasteiger partial charge < -0.3 is 14.4 Å². The summed E-state index contributed by atoms with van der Waals surface area (Å²) in [5, 5.41) is 13.9. The van der Waals surface area contributed by atoms with E-state index in [-0.39, 0.29) is 5.75 Å². The largest absolute Gasteiger partial charge is 0.507 e. The second-order valence-corrected chi connectivity index (χ2v) is 4.97. The van der Waals surface area contributed by atoms with Gasteiger partial charge in [-0.2, -0.15) is 4.98 Å². The maximum atomic E-state index is 9.89. The molecule has 1 atom stereocenters. The Kier molecular flexibility index (Phi) is 3.21. The first-order chi connectivity index (χ1) is 9.22. The summed E-state index contributed by atoms with van der Waals surface area (Å²) in [6.07, 6.45) is 1.80. The lowest BCUT2D eigenvalue weighted by Gasteiger charge is -2.01. The molecule has 1 unspecified atom stereocenters. The van der Waals surface area contributed by atoms with Crippen LogP contribution in [0.1, 0.15) is 17.8 Å². The highest BCUT2D eigenvalue weighted by molar-refractivity contribution is 5.62. The number of benzene rings is 1. The molecule has 1 fully saturated rings. The Bertz CT molecular complexity index is 574. The predicted molar refractivity (Wildman–Crippen MR) is 68.8 cm³/mol. The van der Waals surface area contributed by atoms with Gasteiger partial charge in [-0.05, 0) is 37.0 Å². The van der Waals surface area contributed by atoms with Crippen LogP contribution in [0.2, 0.25) is 0 Å². The molecule has 2 heterocycles. The van der Waals surface area contributed by atoms with Gasteiger partial charge in [0.1, 0.15) is 5.75 Å². The average molecular weight is 260 g/mol. The molecule has 1 aliphatic heterocycles. The van der Waals surface area contributed by atoms with Gasteiger partial charge in [0.15, 0.2) is 5.82 Å². The van der Waals surface area contributed by atoms with Crippen LogP contribution in [0.25, 0.3) is 11.5 Å². The van der Waals surface area contributed by atoms with E-state index in [1.165, 1.54) is 0 Å². The number of aromatic hydroxyl groups is 1. The SMILES string of the molecule is Cc1ccc(-c2nc(CC3CCOC3)no2)c(O)c1. The van der Waals surface area contributed by atoms with E-state index in [0.29, 0.717) is 23.2 Å². The Balaban J connectivity index is 1.80. The monoisotopic (exact) mass is 260 g/mol. The van der Waals surface area contributed by atoms with E-state index in [1.807, 2.05) is 13.0 Å². The van der Waals surface area contributed by atoms with E-state index in [0.717, 1.165) is 31.6 Å². The van der Waals surface area contributed by atoms with Crippen LogP contribution in [0.3, 0.4) is 0 Å². The molecule has 0 aliphatic carbocycles. The molecule has 0 radical (unpaired) electrons. The van der Waals surface area contributed by atoms with E-state index < -0.39 is 0 Å². The number of aryl methyl sites for hydroxylation is 1. The minimum absolute atomic E-state index is 0.166. The Hall–Kier alpha value is -1.88. The van der Waals surface area contributed by atoms with E-state index >= 15 is 0 Å². The third-order valence-corrected chi connectivity index (χ3v) is 3.35. The standard InChI is InChI=1S/C14H16N2O3/c1-9-2-3-11(12(17)6-9)14-15-13(16-19-14)7-10-4-5-18-8-10/h2-3,6,10,17H,4-5,7-8H2,1H3. The third-order valence-electron chi connectivity index (χ3n) is 3.35. The molecular formula is C14H16N2O3. The van der Waals surface area contributed by atoms with Crippen LogP contribution in [0.15, 0.2) is 22.7 Å². The summed E-state index contributed by atoms with van der Waals surface area (Å²) in [4.78, 5) is 4.34. The molecule has 5 heteroatoms. The summed E-state index contributed by atoms with van der Waals surface area (Å²) < 4.78 is 10.5. The highest BCUT2D eigenvalue weighted by Gasteiger charge is 2.20. The first-order valence-electron chi connectivity index (χ1n) is 6.42. The Labute approximate surface area is 111 Å². The number of phenolic OH excluding ortho intramolecular Hbond substituents is 1. The Morgan fingerprint density at radius 3 is 3.05 bits per heavy atom. The molecule has 1 N–H and O–H groups in total. The fourth-order valence-corrected chi connectivity index (χ4v) is 2.27. The van der Waals surface area contributed by atoms with Crippen molar-refractivity contribution in [3.63, 3.8) is 0 Å². The van der Waals surface area contributed by atoms with Crippen molar-refractivity contribution in [1.29, 1.82) is 0 Å². The van der Waals surface area contributed by atoms with Crippen LogP contribution in [-0.4, -0.2) is 28.5 Å². The maximum absolute atomic E-state index is 9.89. The quantitative estimate of drug-likeness (QED) is 0.917. The van der Waals surface area contributed by atoms with Gasteiger partial charge in [0, 0.05) is 19.6 Å². The summed E-state index contributed by atoms with van der Waals surface area (Å²) in [5.74, 6) is 1.67. The number of hydrogen-bond acceptors (Lipinski definition) is 5. The van der Waals surface area contributed by atoms with Crippen molar-refractivity contribution < 1.29 is 14.4 Å². The van der Waals surface area contributed by atoms with Crippen LogP contribution in [0.5, 0.6) is 5.75 Å². The summed E-state index contributed by atoms with van der Waals surface area (Å²) in [6.45, 7) is 3.50.